The number of carbonyl (C=O) groups is 3. The van der Waals surface area contributed by atoms with Gasteiger partial charge in [0.1, 0.15) is 0 Å². The summed E-state index contributed by atoms with van der Waals surface area (Å²) in [7, 11) is 0. The second kappa shape index (κ2) is 8.40. The molecule has 5 rings (SSSR count). The average Bonchev–Trinajstić information content (AvgIpc) is 3.17. The Kier molecular flexibility index (Phi) is 5.41. The van der Waals surface area contributed by atoms with Gasteiger partial charge in [0.15, 0.2) is 0 Å². The molecule has 9 heteroatoms. The summed E-state index contributed by atoms with van der Waals surface area (Å²) >= 11 is 0. The number of benzene rings is 2. The number of carbonyl (C=O) groups excluding carboxylic acids is 2. The zero-order valence-electron chi connectivity index (χ0n) is 18.2. The van der Waals surface area contributed by atoms with Crippen LogP contribution in [0.1, 0.15) is 34.7 Å². The molecule has 172 valence electrons. The number of ether oxygens (including phenoxy) is 1. The van der Waals surface area contributed by atoms with Gasteiger partial charge in [-0.2, -0.15) is 0 Å². The van der Waals surface area contributed by atoms with Gasteiger partial charge >= 0.3 is 12.1 Å². The minimum absolute atomic E-state index is 0.0904. The predicted octanol–water partition coefficient (Wildman–Crippen LogP) is 3.05. The van der Waals surface area contributed by atoms with Gasteiger partial charge in [-0.3, -0.25) is 9.36 Å². The smallest absolute Gasteiger partial charge is 0.407 e. The number of rotatable bonds is 2. The fraction of sp³-hybridized carbons (Fsp3) is 0.375. The largest absolute Gasteiger partial charge is 0.465 e. The molecule has 2 aromatic carbocycles. The van der Waals surface area contributed by atoms with Crippen molar-refractivity contribution >= 4 is 39.8 Å². The number of aromatic nitrogens is 1. The molecule has 2 fully saturated rings. The molecule has 2 aliphatic heterocycles. The first-order valence-electron chi connectivity index (χ1n) is 11.2. The third kappa shape index (κ3) is 3.78. The number of nitrogens with two attached hydrogens (primary N) is 1. The van der Waals surface area contributed by atoms with E-state index in [1.807, 2.05) is 18.2 Å². The summed E-state index contributed by atoms with van der Waals surface area (Å²) in [4.78, 5) is 39.8. The van der Waals surface area contributed by atoms with Crippen LogP contribution in [0, 0.1) is 0 Å². The quantitative estimate of drug-likeness (QED) is 0.622. The Morgan fingerprint density at radius 3 is 2.27 bits per heavy atom. The summed E-state index contributed by atoms with van der Waals surface area (Å²) in [5.41, 5.74) is 8.66. The van der Waals surface area contributed by atoms with Crippen molar-refractivity contribution in [3.05, 3.63) is 47.5 Å². The van der Waals surface area contributed by atoms with E-state index in [2.05, 4.69) is 6.07 Å². The van der Waals surface area contributed by atoms with Crippen molar-refractivity contribution < 1.29 is 24.2 Å². The third-order valence-electron chi connectivity index (χ3n) is 6.79. The third-order valence-corrected chi connectivity index (χ3v) is 6.79. The minimum atomic E-state index is -0.879. The first kappa shape index (κ1) is 21.3. The number of likely N-dealkylation sites (tertiary alicyclic amines) is 1. The van der Waals surface area contributed by atoms with Crippen LogP contribution >= 0.6 is 0 Å². The maximum Gasteiger partial charge on any atom is 0.407 e. The zero-order chi connectivity index (χ0) is 23.1. The fourth-order valence-corrected chi connectivity index (χ4v) is 5.02. The van der Waals surface area contributed by atoms with E-state index in [0.717, 1.165) is 29.2 Å². The van der Waals surface area contributed by atoms with Crippen molar-refractivity contribution in [2.24, 2.45) is 5.73 Å². The van der Waals surface area contributed by atoms with Gasteiger partial charge in [0.05, 0.1) is 24.2 Å². The number of nitrogens with zero attached hydrogens (tertiary/aromatic N) is 3. The number of morpholine rings is 1. The van der Waals surface area contributed by atoms with Gasteiger partial charge < -0.3 is 25.4 Å². The molecule has 2 aliphatic rings. The summed E-state index contributed by atoms with van der Waals surface area (Å²) < 4.78 is 6.79. The first-order chi connectivity index (χ1) is 15.9. The zero-order valence-corrected chi connectivity index (χ0v) is 18.2. The topological polar surface area (TPSA) is 118 Å². The van der Waals surface area contributed by atoms with E-state index >= 15 is 0 Å². The monoisotopic (exact) mass is 450 g/mol. The molecule has 2 saturated heterocycles. The lowest BCUT2D eigenvalue weighted by Crippen LogP contribution is -2.40. The lowest BCUT2D eigenvalue weighted by Gasteiger charge is -2.30. The number of hydrogen-bond donors (Lipinski definition) is 2. The van der Waals surface area contributed by atoms with Crippen LogP contribution in [0.25, 0.3) is 21.8 Å². The van der Waals surface area contributed by atoms with E-state index in [-0.39, 0.29) is 11.8 Å². The molecular weight excluding hydrogens is 424 g/mol. The Morgan fingerprint density at radius 1 is 0.879 bits per heavy atom. The van der Waals surface area contributed by atoms with Crippen molar-refractivity contribution in [2.45, 2.75) is 18.8 Å². The van der Waals surface area contributed by atoms with Crippen LogP contribution in [0.5, 0.6) is 0 Å². The van der Waals surface area contributed by atoms with Crippen LogP contribution < -0.4 is 5.73 Å². The second-order valence-electron chi connectivity index (χ2n) is 8.63. The van der Waals surface area contributed by atoms with E-state index in [4.69, 9.17) is 10.5 Å². The van der Waals surface area contributed by atoms with Gasteiger partial charge in [-0.25, -0.2) is 9.59 Å². The molecule has 0 spiro atoms. The number of hydrogen-bond acceptors (Lipinski definition) is 4. The Bertz CT molecular complexity index is 1250. The molecule has 9 nitrogen and oxygen atoms in total. The van der Waals surface area contributed by atoms with Gasteiger partial charge in [-0.1, -0.05) is 12.1 Å². The highest BCUT2D eigenvalue weighted by atomic mass is 16.5. The summed E-state index contributed by atoms with van der Waals surface area (Å²) in [6.45, 7) is 3.13. The molecule has 0 radical (unpaired) electrons. The average molecular weight is 450 g/mol. The molecule has 0 bridgehead atoms. The van der Waals surface area contributed by atoms with E-state index in [0.29, 0.717) is 56.0 Å². The SMILES string of the molecule is NC(=O)n1c2ccc(C3CCN(C(=O)O)CC3)cc2c2ccc(C(=O)N3CCOCC3)cc21. The maximum atomic E-state index is 13.0. The van der Waals surface area contributed by atoms with Gasteiger partial charge in [0.25, 0.3) is 5.91 Å². The molecule has 0 atom stereocenters. The van der Waals surface area contributed by atoms with Crippen LogP contribution in [-0.2, 0) is 4.74 Å². The van der Waals surface area contributed by atoms with E-state index in [1.54, 1.807) is 17.0 Å². The van der Waals surface area contributed by atoms with Crippen molar-refractivity contribution in [3.63, 3.8) is 0 Å². The summed E-state index contributed by atoms with van der Waals surface area (Å²) in [6, 6.07) is 10.8. The highest BCUT2D eigenvalue weighted by molar-refractivity contribution is 6.14. The molecule has 0 unspecified atom stereocenters. The Labute approximate surface area is 190 Å². The number of fused-ring (bicyclic) bond motifs is 3. The molecule has 0 aliphatic carbocycles. The highest BCUT2D eigenvalue weighted by Crippen LogP contribution is 2.35. The molecule has 3 aromatic rings. The molecule has 1 aromatic heterocycles. The molecule has 33 heavy (non-hydrogen) atoms. The number of primary amides is 1. The lowest BCUT2D eigenvalue weighted by atomic mass is 9.89. The van der Waals surface area contributed by atoms with E-state index < -0.39 is 12.1 Å². The van der Waals surface area contributed by atoms with Crippen LogP contribution in [0.2, 0.25) is 0 Å². The summed E-state index contributed by atoms with van der Waals surface area (Å²) in [5, 5.41) is 10.9. The van der Waals surface area contributed by atoms with E-state index in [1.165, 1.54) is 9.47 Å². The second-order valence-corrected chi connectivity index (χ2v) is 8.63. The van der Waals surface area contributed by atoms with Crippen LogP contribution in [-0.4, -0.2) is 76.9 Å². The predicted molar refractivity (Wildman–Crippen MR) is 123 cm³/mol. The fourth-order valence-electron chi connectivity index (χ4n) is 5.02. The minimum Gasteiger partial charge on any atom is -0.465 e. The molecular formula is C24H26N4O5. The maximum absolute atomic E-state index is 13.0. The van der Waals surface area contributed by atoms with Crippen LogP contribution in [0.4, 0.5) is 9.59 Å². The van der Waals surface area contributed by atoms with Gasteiger partial charge in [0, 0.05) is 42.5 Å². The Morgan fingerprint density at radius 2 is 1.61 bits per heavy atom. The molecule has 3 heterocycles. The van der Waals surface area contributed by atoms with Gasteiger partial charge in [-0.05, 0) is 48.6 Å². The molecule has 0 saturated carbocycles. The van der Waals surface area contributed by atoms with Crippen molar-refractivity contribution in [1.82, 2.24) is 14.4 Å². The Balaban J connectivity index is 1.54. The molecule has 3 amide bonds. The number of carboxylic acid groups (broad SMARTS) is 1. The van der Waals surface area contributed by atoms with Crippen molar-refractivity contribution in [3.8, 4) is 0 Å². The lowest BCUT2D eigenvalue weighted by molar-refractivity contribution is 0.0303. The van der Waals surface area contributed by atoms with E-state index in [9.17, 15) is 19.5 Å². The van der Waals surface area contributed by atoms with Gasteiger partial charge in [0.2, 0.25) is 0 Å². The van der Waals surface area contributed by atoms with Gasteiger partial charge in [-0.15, -0.1) is 0 Å². The number of amides is 3. The van der Waals surface area contributed by atoms with Crippen LogP contribution in [0.15, 0.2) is 36.4 Å². The van der Waals surface area contributed by atoms with Crippen molar-refractivity contribution in [1.29, 1.82) is 0 Å². The normalized spacial score (nSPS) is 17.6. The van der Waals surface area contributed by atoms with Crippen LogP contribution in [0.3, 0.4) is 0 Å². The number of piperidine rings is 1. The summed E-state index contributed by atoms with van der Waals surface area (Å²) in [6.07, 6.45) is 0.630. The Hall–Kier alpha value is -3.59. The molecule has 3 N–H and O–H groups in total. The highest BCUT2D eigenvalue weighted by Gasteiger charge is 2.25. The summed E-state index contributed by atoms with van der Waals surface area (Å²) in [5.74, 6) is 0.159. The standard InChI is InChI=1S/C24H26N4O5/c25-23(30)28-20-4-2-16(15-5-7-27(8-6-15)24(31)32)13-19(20)18-3-1-17(14-21(18)28)22(29)26-9-11-33-12-10-26/h1-4,13-15H,5-12H2,(H2,25,30)(H,31,32). The first-order valence-corrected chi connectivity index (χ1v) is 11.2. The van der Waals surface area contributed by atoms with Crippen molar-refractivity contribution in [2.75, 3.05) is 39.4 Å².